The molecule has 452 valence electrons. The highest BCUT2D eigenvalue weighted by atomic mass is 16.7. The topological polar surface area (TPSA) is 248 Å². The number of benzene rings is 2. The summed E-state index contributed by atoms with van der Waals surface area (Å²) in [5, 5.41) is 26.3. The van der Waals surface area contributed by atoms with E-state index in [0.717, 1.165) is 39.8 Å². The summed E-state index contributed by atoms with van der Waals surface area (Å²) in [6, 6.07) is 13.1. The highest BCUT2D eigenvalue weighted by Gasteiger charge is 2.44. The van der Waals surface area contributed by atoms with Gasteiger partial charge in [-0.05, 0) is 80.5 Å². The van der Waals surface area contributed by atoms with Gasteiger partial charge < -0.3 is 50.6 Å². The predicted octanol–water partition coefficient (Wildman–Crippen LogP) is 4.39. The van der Waals surface area contributed by atoms with Crippen LogP contribution in [0.3, 0.4) is 0 Å². The van der Waals surface area contributed by atoms with Gasteiger partial charge in [-0.1, -0.05) is 103 Å². The van der Waals surface area contributed by atoms with Gasteiger partial charge in [0, 0.05) is 89.3 Å². The number of imide groups is 1. The minimum absolute atomic E-state index is 0.0144. The number of likely N-dealkylation sites (N-methyl/N-ethyl adjacent to an activating group) is 2. The Morgan fingerprint density at radius 2 is 1.52 bits per heavy atom. The van der Waals surface area contributed by atoms with Crippen LogP contribution in [0, 0.1) is 23.7 Å². The number of ether oxygens (including phenoxy) is 2. The first-order valence-electron chi connectivity index (χ1n) is 29.4. The van der Waals surface area contributed by atoms with E-state index in [2.05, 4.69) is 26.3 Å². The van der Waals surface area contributed by atoms with E-state index in [1.54, 1.807) is 43.1 Å². The number of para-hydroxylation sites is 1. The van der Waals surface area contributed by atoms with Gasteiger partial charge in [-0.25, -0.2) is 4.79 Å². The Balaban J connectivity index is 1.12. The van der Waals surface area contributed by atoms with E-state index in [1.165, 1.54) is 12.2 Å². The summed E-state index contributed by atoms with van der Waals surface area (Å²) >= 11 is 0. The number of nitrogens with one attached hydrogen (secondary N) is 5. The zero-order valence-corrected chi connectivity index (χ0v) is 50.1. The Bertz CT molecular complexity index is 2610. The molecule has 8 amide bonds. The second-order valence-electron chi connectivity index (χ2n) is 23.2. The van der Waals surface area contributed by atoms with Crippen molar-refractivity contribution in [2.45, 2.75) is 155 Å². The maximum absolute atomic E-state index is 15.0. The molecule has 3 aromatic rings. The molecule has 0 radical (unpaired) electrons. The van der Waals surface area contributed by atoms with E-state index in [1.807, 2.05) is 114 Å². The Morgan fingerprint density at radius 1 is 0.829 bits per heavy atom. The molecular formula is C61H92N10O11. The van der Waals surface area contributed by atoms with Crippen LogP contribution < -0.4 is 21.3 Å². The lowest BCUT2D eigenvalue weighted by molar-refractivity contribution is -0.261. The molecule has 21 heteroatoms. The molecule has 1 aromatic heterocycles. The lowest BCUT2D eigenvalue weighted by Gasteiger charge is -2.41. The number of aliphatic hydroxyl groups excluding tert-OH is 1. The van der Waals surface area contributed by atoms with Gasteiger partial charge in [0.1, 0.15) is 12.3 Å². The number of hydrogen-bond acceptors (Lipinski definition) is 13. The molecule has 6 N–H and O–H groups in total. The third-order valence-electron chi connectivity index (χ3n) is 16.7. The molecule has 2 saturated heterocycles. The van der Waals surface area contributed by atoms with Crippen molar-refractivity contribution in [3.8, 4) is 0 Å². The summed E-state index contributed by atoms with van der Waals surface area (Å²) < 4.78 is 12.3. The maximum Gasteiger partial charge on any atom is 0.315 e. The lowest BCUT2D eigenvalue weighted by Crippen LogP contribution is -2.60. The largest absolute Gasteiger partial charge is 0.379 e. The number of H-pyrrole nitrogens is 1. The fourth-order valence-corrected chi connectivity index (χ4v) is 12.1. The molecule has 0 aliphatic carbocycles. The molecule has 3 aliphatic rings. The van der Waals surface area contributed by atoms with Crippen molar-refractivity contribution in [3.63, 3.8) is 0 Å². The van der Waals surface area contributed by atoms with Crippen molar-refractivity contribution in [1.82, 2.24) is 50.9 Å². The first kappa shape index (κ1) is 64.9. The van der Waals surface area contributed by atoms with Crippen molar-refractivity contribution in [2.24, 2.45) is 23.7 Å². The highest BCUT2D eigenvalue weighted by Crippen LogP contribution is 2.31. The fraction of sp³-hybridized carbons (Fsp3) is 0.623. The molecular weight excluding hydrogens is 1050 g/mol. The molecule has 1 unspecified atom stereocenters. The molecule has 2 aromatic carbocycles. The van der Waals surface area contributed by atoms with Crippen molar-refractivity contribution in [1.29, 1.82) is 0 Å². The van der Waals surface area contributed by atoms with E-state index in [4.69, 9.17) is 14.3 Å². The zero-order chi connectivity index (χ0) is 59.8. The molecule has 6 rings (SSSR count). The fourth-order valence-electron chi connectivity index (χ4n) is 12.1. The molecule has 0 saturated carbocycles. The van der Waals surface area contributed by atoms with Crippen LogP contribution in [0.5, 0.6) is 0 Å². The monoisotopic (exact) mass is 1140 g/mol. The van der Waals surface area contributed by atoms with E-state index in [0.29, 0.717) is 51.8 Å². The number of amides is 8. The SMILES string of the molecule is CC[C@H](C)[C@@H]([C@@H](CC(=O)N1CCC[C@H]1[C@H](OC)[C@@H](C)C(=O)N[C@@H](Cc1c[nH]c2ccccc12)C(O)N1CCCCO1)OC)N(C)C(=O)[C@@H](NC(=O)[C@H](C(C)C)N(C)C[C@H](Cc1ccccc1)NC(=O)NCCN1C(=O)C=CC1=O)C(C)C. The van der Waals surface area contributed by atoms with Gasteiger partial charge >= 0.3 is 6.03 Å². The van der Waals surface area contributed by atoms with Crippen molar-refractivity contribution in [3.05, 3.63) is 84.1 Å². The van der Waals surface area contributed by atoms with Gasteiger partial charge in [-0.3, -0.25) is 43.4 Å². The van der Waals surface area contributed by atoms with Crippen LogP contribution in [0.4, 0.5) is 4.79 Å². The summed E-state index contributed by atoms with van der Waals surface area (Å²) in [6.45, 7) is 15.2. The van der Waals surface area contributed by atoms with Crippen LogP contribution >= 0.6 is 0 Å². The van der Waals surface area contributed by atoms with E-state index in [-0.39, 0.29) is 67.4 Å². The number of carbonyl (C=O) groups excluding carboxylic acids is 7. The van der Waals surface area contributed by atoms with Crippen LogP contribution in [0.15, 0.2) is 72.9 Å². The predicted molar refractivity (Wildman–Crippen MR) is 312 cm³/mol. The maximum atomic E-state index is 15.0. The standard InChI is InChI=1S/C61H92N10O11/c1-12-40(6)55(68(9)60(78)53(38(2)3)66-58(76)54(39(4)5)67(8)37-44(33-42-21-14-13-15-22-42)64-61(79)62-28-31-70-50(72)26-27-51(70)73)49(80-10)35-52(74)69-29-20-25-48(69)56(81-11)41(7)57(75)65-47(59(77)71-30-18-19-32-82-71)34-43-36-63-46-24-17-16-23-45(43)46/h13-17,21-24,26-27,36,38-41,44,47-49,53-56,59,63,77H,12,18-20,25,28-35,37H2,1-11H3,(H,65,75)(H,66,76)(H2,62,64,79)/t40-,41+,44-,47-,48-,49+,53-,54-,55-,56+,59?/m0/s1. The first-order chi connectivity index (χ1) is 39.2. The molecule has 0 spiro atoms. The number of urea groups is 1. The van der Waals surface area contributed by atoms with Crippen LogP contribution in [-0.2, 0) is 55.9 Å². The van der Waals surface area contributed by atoms with Gasteiger partial charge in [-0.15, -0.1) is 0 Å². The van der Waals surface area contributed by atoms with E-state index in [9.17, 15) is 38.7 Å². The smallest absolute Gasteiger partial charge is 0.315 e. The summed E-state index contributed by atoms with van der Waals surface area (Å²) in [5.41, 5.74) is 2.85. The lowest BCUT2D eigenvalue weighted by atomic mass is 9.89. The second kappa shape index (κ2) is 30.9. The number of aromatic amines is 1. The number of likely N-dealkylation sites (tertiary alicyclic amines) is 1. The molecule has 11 atom stereocenters. The van der Waals surface area contributed by atoms with E-state index < -0.39 is 78.5 Å². The third-order valence-corrected chi connectivity index (χ3v) is 16.7. The highest BCUT2D eigenvalue weighted by molar-refractivity contribution is 6.12. The summed E-state index contributed by atoms with van der Waals surface area (Å²) in [4.78, 5) is 112. The average Bonchev–Trinajstić information content (AvgIpc) is 4.32. The number of fused-ring (bicyclic) bond motifs is 1. The number of aliphatic hydroxyl groups is 1. The molecule has 82 heavy (non-hydrogen) atoms. The molecule has 3 aliphatic heterocycles. The summed E-state index contributed by atoms with van der Waals surface area (Å²) in [6.07, 6.45) is 6.11. The number of carbonyl (C=O) groups is 7. The number of rotatable bonds is 30. The molecule has 2 fully saturated rings. The normalized spacial score (nSPS) is 19.6. The Morgan fingerprint density at radius 3 is 2.16 bits per heavy atom. The molecule has 0 bridgehead atoms. The van der Waals surface area contributed by atoms with Crippen molar-refractivity contribution < 1.29 is 53.0 Å². The van der Waals surface area contributed by atoms with E-state index >= 15 is 0 Å². The summed E-state index contributed by atoms with van der Waals surface area (Å²) in [5.74, 6) is -3.51. The quantitative estimate of drug-likeness (QED) is 0.0508. The van der Waals surface area contributed by atoms with Crippen LogP contribution in [0.25, 0.3) is 10.9 Å². The number of aromatic nitrogens is 1. The second-order valence-corrected chi connectivity index (χ2v) is 23.2. The van der Waals surface area contributed by atoms with Gasteiger partial charge in [0.05, 0.1) is 55.3 Å². The van der Waals surface area contributed by atoms with Gasteiger partial charge in [-0.2, -0.15) is 5.06 Å². The number of hydrogen-bond donors (Lipinski definition) is 6. The summed E-state index contributed by atoms with van der Waals surface area (Å²) in [7, 11) is 6.60. The average molecular weight is 1140 g/mol. The van der Waals surface area contributed by atoms with Crippen LogP contribution in [-0.4, -0.2) is 199 Å². The third kappa shape index (κ3) is 16.7. The van der Waals surface area contributed by atoms with Gasteiger partial charge in [0.2, 0.25) is 23.6 Å². The Kier molecular flexibility index (Phi) is 24.5. The molecule has 4 heterocycles. The van der Waals surface area contributed by atoms with Gasteiger partial charge in [0.15, 0.2) is 0 Å². The zero-order valence-electron chi connectivity index (χ0n) is 50.1. The minimum Gasteiger partial charge on any atom is -0.379 e. The number of methoxy groups -OCH3 is 2. The molecule has 21 nitrogen and oxygen atoms in total. The number of hydroxylamine groups is 2. The minimum atomic E-state index is -1.13. The van der Waals surface area contributed by atoms with Crippen molar-refractivity contribution >= 4 is 52.4 Å². The first-order valence-corrected chi connectivity index (χ1v) is 29.4. The van der Waals surface area contributed by atoms with Crippen LogP contribution in [0.2, 0.25) is 0 Å². The van der Waals surface area contributed by atoms with Crippen molar-refractivity contribution in [2.75, 3.05) is 67.6 Å². The Labute approximate surface area is 484 Å². The van der Waals surface area contributed by atoms with Crippen LogP contribution in [0.1, 0.15) is 98.1 Å². The number of nitrogens with zero attached hydrogens (tertiary/aromatic N) is 5. The van der Waals surface area contributed by atoms with Gasteiger partial charge in [0.25, 0.3) is 11.8 Å². The Hall–Kier alpha value is -6.23.